The van der Waals surface area contributed by atoms with Crippen molar-refractivity contribution >= 4 is 28.8 Å². The smallest absolute Gasteiger partial charge is 0.144 e. The normalized spacial score (nSPS) is 18.7. The molecule has 4 rings (SSSR count). The minimum Gasteiger partial charge on any atom is -0.382 e. The molecule has 2 aliphatic rings. The molecule has 7 heteroatoms. The molecule has 0 atom stereocenters. The Kier molecular flexibility index (Phi) is 5.79. The van der Waals surface area contributed by atoms with E-state index in [2.05, 4.69) is 57.1 Å². The molecule has 2 saturated heterocycles. The average molecular weight is 411 g/mol. The van der Waals surface area contributed by atoms with Crippen LogP contribution in [0.15, 0.2) is 30.5 Å². The van der Waals surface area contributed by atoms with Crippen LogP contribution < -0.4 is 15.5 Å². The predicted molar refractivity (Wildman–Crippen MR) is 119 cm³/mol. The second-order valence-electron chi connectivity index (χ2n) is 7.95. The number of halogens is 1. The Morgan fingerprint density at radius 1 is 1.03 bits per heavy atom. The van der Waals surface area contributed by atoms with Gasteiger partial charge in [0.25, 0.3) is 0 Å². The molecule has 152 valence electrons. The summed E-state index contributed by atoms with van der Waals surface area (Å²) in [6, 6.07) is 11.0. The number of nitriles is 1. The van der Waals surface area contributed by atoms with Crippen molar-refractivity contribution in [2.24, 2.45) is 5.92 Å². The van der Waals surface area contributed by atoms with Crippen LogP contribution in [-0.2, 0) is 0 Å². The predicted octanol–water partition coefficient (Wildman–Crippen LogP) is 3.48. The Labute approximate surface area is 177 Å². The summed E-state index contributed by atoms with van der Waals surface area (Å²) in [4.78, 5) is 11.3. The summed E-state index contributed by atoms with van der Waals surface area (Å²) in [7, 11) is 2.17. The monoisotopic (exact) mass is 410 g/mol. The van der Waals surface area contributed by atoms with Gasteiger partial charge in [-0.2, -0.15) is 5.26 Å². The summed E-state index contributed by atoms with van der Waals surface area (Å²) in [5.74, 6) is 0.470. The minimum absolute atomic E-state index is 0.121. The first kappa shape index (κ1) is 19.8. The lowest BCUT2D eigenvalue weighted by atomic mass is 9.96. The van der Waals surface area contributed by atoms with E-state index in [0.717, 1.165) is 68.9 Å². The first-order chi connectivity index (χ1) is 14.1. The van der Waals surface area contributed by atoms with Gasteiger partial charge in [-0.25, -0.2) is 4.98 Å². The quantitative estimate of drug-likeness (QED) is 0.835. The first-order valence-electron chi connectivity index (χ1n) is 10.2. The summed E-state index contributed by atoms with van der Waals surface area (Å²) in [6.45, 7) is 5.86. The molecule has 2 fully saturated rings. The first-order valence-corrected chi connectivity index (χ1v) is 10.6. The number of hydrogen-bond acceptors (Lipinski definition) is 6. The fourth-order valence-corrected chi connectivity index (χ4v) is 4.43. The van der Waals surface area contributed by atoms with E-state index < -0.39 is 0 Å². The fourth-order valence-electron chi connectivity index (χ4n) is 4.16. The van der Waals surface area contributed by atoms with Crippen molar-refractivity contribution in [2.75, 3.05) is 61.8 Å². The van der Waals surface area contributed by atoms with Gasteiger partial charge < -0.3 is 20.4 Å². The highest BCUT2D eigenvalue weighted by molar-refractivity contribution is 6.36. The van der Waals surface area contributed by atoms with E-state index in [-0.39, 0.29) is 5.92 Å². The molecule has 0 saturated carbocycles. The van der Waals surface area contributed by atoms with Crippen LogP contribution in [0.25, 0.3) is 11.1 Å². The van der Waals surface area contributed by atoms with Gasteiger partial charge in [0, 0.05) is 62.6 Å². The van der Waals surface area contributed by atoms with Gasteiger partial charge in [-0.15, -0.1) is 0 Å². The van der Waals surface area contributed by atoms with Gasteiger partial charge >= 0.3 is 0 Å². The third-order valence-electron chi connectivity index (χ3n) is 6.06. The zero-order valence-corrected chi connectivity index (χ0v) is 17.6. The number of likely N-dealkylation sites (N-methyl/N-ethyl adjacent to an activating group) is 1. The van der Waals surface area contributed by atoms with Crippen LogP contribution in [0.4, 0.5) is 17.2 Å². The highest BCUT2D eigenvalue weighted by Crippen LogP contribution is 2.41. The summed E-state index contributed by atoms with van der Waals surface area (Å²) in [5.41, 5.74) is 10.3. The molecule has 29 heavy (non-hydrogen) atoms. The van der Waals surface area contributed by atoms with Gasteiger partial charge in [0.2, 0.25) is 0 Å². The van der Waals surface area contributed by atoms with Crippen LogP contribution in [0.3, 0.4) is 0 Å². The third kappa shape index (κ3) is 4.12. The second-order valence-corrected chi connectivity index (χ2v) is 8.33. The summed E-state index contributed by atoms with van der Waals surface area (Å²) >= 11 is 6.61. The van der Waals surface area contributed by atoms with E-state index >= 15 is 0 Å². The highest BCUT2D eigenvalue weighted by atomic mass is 35.5. The van der Waals surface area contributed by atoms with Crippen LogP contribution in [0.1, 0.15) is 12.8 Å². The minimum atomic E-state index is 0.121. The summed E-state index contributed by atoms with van der Waals surface area (Å²) in [6.07, 6.45) is 3.51. The van der Waals surface area contributed by atoms with Crippen molar-refractivity contribution in [3.63, 3.8) is 0 Å². The molecule has 0 radical (unpaired) electrons. The largest absolute Gasteiger partial charge is 0.382 e. The molecule has 0 amide bonds. The number of anilines is 3. The van der Waals surface area contributed by atoms with E-state index in [1.807, 2.05) is 6.20 Å². The molecule has 0 aliphatic carbocycles. The molecule has 1 aromatic carbocycles. The number of nitrogens with zero attached hydrogens (tertiary/aromatic N) is 5. The van der Waals surface area contributed by atoms with Gasteiger partial charge in [0.1, 0.15) is 10.8 Å². The topological polar surface area (TPSA) is 72.4 Å². The van der Waals surface area contributed by atoms with E-state index in [1.165, 1.54) is 5.69 Å². The number of aromatic nitrogens is 1. The molecule has 6 nitrogen and oxygen atoms in total. The number of nitrogen functional groups attached to an aromatic ring is 1. The molecular formula is C22H27ClN6. The molecule has 1 aromatic heterocycles. The lowest BCUT2D eigenvalue weighted by Crippen LogP contribution is -2.44. The Morgan fingerprint density at radius 2 is 1.69 bits per heavy atom. The van der Waals surface area contributed by atoms with Crippen molar-refractivity contribution in [3.8, 4) is 17.2 Å². The van der Waals surface area contributed by atoms with Crippen molar-refractivity contribution in [3.05, 3.63) is 35.5 Å². The number of pyridine rings is 1. The molecule has 0 bridgehead atoms. The Bertz CT molecular complexity index is 891. The Morgan fingerprint density at radius 3 is 2.31 bits per heavy atom. The lowest BCUT2D eigenvalue weighted by Gasteiger charge is -2.34. The molecule has 0 spiro atoms. The molecule has 2 N–H and O–H groups in total. The molecule has 2 aromatic rings. The molecule has 0 unspecified atom stereocenters. The zero-order chi connectivity index (χ0) is 20.4. The van der Waals surface area contributed by atoms with Crippen molar-refractivity contribution in [2.45, 2.75) is 12.8 Å². The van der Waals surface area contributed by atoms with Crippen molar-refractivity contribution < 1.29 is 0 Å². The molecule has 3 heterocycles. The molecular weight excluding hydrogens is 384 g/mol. The fraction of sp³-hybridized carbons (Fsp3) is 0.455. The average Bonchev–Trinajstić information content (AvgIpc) is 2.76. The maximum absolute atomic E-state index is 9.20. The van der Waals surface area contributed by atoms with Crippen LogP contribution >= 0.6 is 11.6 Å². The van der Waals surface area contributed by atoms with E-state index in [9.17, 15) is 5.26 Å². The van der Waals surface area contributed by atoms with Crippen LogP contribution in [0, 0.1) is 17.2 Å². The maximum atomic E-state index is 9.20. The standard InChI is InChI=1S/C22H27ClN6/c1-27-10-12-28(13-11-27)18-4-2-17(3-5-18)19-15-26-22(25)20(23)21(19)29-8-6-16(14-24)7-9-29/h2-5,15-16H,6-13H2,1H3,(H2,25,26). The van der Waals surface area contributed by atoms with Crippen molar-refractivity contribution in [1.29, 1.82) is 5.26 Å². The van der Waals surface area contributed by atoms with Gasteiger partial charge in [-0.05, 0) is 37.6 Å². The summed E-state index contributed by atoms with van der Waals surface area (Å²) in [5, 5.41) is 9.70. The van der Waals surface area contributed by atoms with Gasteiger partial charge in [0.05, 0.1) is 11.8 Å². The SMILES string of the molecule is CN1CCN(c2ccc(-c3cnc(N)c(Cl)c3N3CCC(C#N)CC3)cc2)CC1. The van der Waals surface area contributed by atoms with Crippen LogP contribution in [0.2, 0.25) is 5.02 Å². The van der Waals surface area contributed by atoms with Crippen molar-refractivity contribution in [1.82, 2.24) is 9.88 Å². The Hall–Kier alpha value is -2.49. The number of piperidine rings is 1. The number of piperazine rings is 1. The summed E-state index contributed by atoms with van der Waals surface area (Å²) < 4.78 is 0. The number of nitrogens with two attached hydrogens (primary N) is 1. The third-order valence-corrected chi connectivity index (χ3v) is 6.43. The van der Waals surface area contributed by atoms with Gasteiger partial charge in [0.15, 0.2) is 0 Å². The number of hydrogen-bond donors (Lipinski definition) is 1. The number of rotatable bonds is 3. The van der Waals surface area contributed by atoms with E-state index in [1.54, 1.807) is 0 Å². The highest BCUT2D eigenvalue weighted by Gasteiger charge is 2.25. The molecule has 2 aliphatic heterocycles. The Balaban J connectivity index is 1.61. The van der Waals surface area contributed by atoms with Gasteiger partial charge in [-0.3, -0.25) is 0 Å². The lowest BCUT2D eigenvalue weighted by molar-refractivity contribution is 0.313. The van der Waals surface area contributed by atoms with Crippen LogP contribution in [-0.4, -0.2) is 56.2 Å². The van der Waals surface area contributed by atoms with Gasteiger partial charge in [-0.1, -0.05) is 23.7 Å². The number of benzene rings is 1. The van der Waals surface area contributed by atoms with E-state index in [4.69, 9.17) is 17.3 Å². The maximum Gasteiger partial charge on any atom is 0.144 e. The van der Waals surface area contributed by atoms with E-state index in [0.29, 0.717) is 10.8 Å². The second kappa shape index (κ2) is 8.48. The van der Waals surface area contributed by atoms with Crippen LogP contribution in [0.5, 0.6) is 0 Å². The zero-order valence-electron chi connectivity index (χ0n) is 16.8.